The molecule has 1 unspecified atom stereocenters. The molecule has 1 atom stereocenters. The van der Waals surface area contributed by atoms with Crippen LogP contribution < -0.4 is 5.32 Å². The molecule has 1 amide bonds. The summed E-state index contributed by atoms with van der Waals surface area (Å²) in [4.78, 5) is 24.8. The van der Waals surface area contributed by atoms with E-state index in [0.29, 0.717) is 12.2 Å². The molecule has 1 N–H and O–H groups in total. The van der Waals surface area contributed by atoms with Crippen LogP contribution in [-0.4, -0.2) is 28.8 Å². The number of carbonyl (C=O) groups excluding carboxylic acids is 1. The second kappa shape index (κ2) is 7.21. The average molecular weight is 357 g/mol. The lowest BCUT2D eigenvalue weighted by Gasteiger charge is -2.34. The fourth-order valence-corrected chi connectivity index (χ4v) is 3.29. The molecular weight excluding hydrogens is 337 g/mol. The molecule has 26 heavy (non-hydrogen) atoms. The first-order valence-corrected chi connectivity index (χ1v) is 8.42. The van der Waals surface area contributed by atoms with Crippen LogP contribution in [0.2, 0.25) is 0 Å². The Balaban J connectivity index is 1.71. The maximum absolute atomic E-state index is 13.5. The molecule has 1 aliphatic rings. The lowest BCUT2D eigenvalue weighted by atomic mass is 9.93. The summed E-state index contributed by atoms with van der Waals surface area (Å²) < 4.78 is 13.5. The van der Waals surface area contributed by atoms with E-state index in [2.05, 4.69) is 5.32 Å². The van der Waals surface area contributed by atoms with E-state index < -0.39 is 4.92 Å². The van der Waals surface area contributed by atoms with E-state index in [-0.39, 0.29) is 30.0 Å². The van der Waals surface area contributed by atoms with Crippen molar-refractivity contribution in [3.63, 3.8) is 0 Å². The zero-order valence-corrected chi connectivity index (χ0v) is 14.7. The number of anilines is 1. The van der Waals surface area contributed by atoms with E-state index in [4.69, 9.17) is 0 Å². The van der Waals surface area contributed by atoms with Crippen molar-refractivity contribution >= 4 is 17.3 Å². The fourth-order valence-electron chi connectivity index (χ4n) is 3.29. The lowest BCUT2D eigenvalue weighted by Crippen LogP contribution is -2.39. The Bertz CT molecular complexity index is 869. The molecule has 1 aliphatic heterocycles. The van der Waals surface area contributed by atoms with Gasteiger partial charge in [-0.1, -0.05) is 12.1 Å². The van der Waals surface area contributed by atoms with Crippen LogP contribution in [0, 0.1) is 22.9 Å². The predicted octanol–water partition coefficient (Wildman–Crippen LogP) is 3.60. The normalized spacial score (nSPS) is 16.8. The number of nitrogens with zero attached hydrogens (tertiary/aromatic N) is 2. The highest BCUT2D eigenvalue weighted by Crippen LogP contribution is 2.30. The number of hydrogen-bond acceptors (Lipinski definition) is 4. The van der Waals surface area contributed by atoms with Crippen molar-refractivity contribution in [1.29, 1.82) is 0 Å². The van der Waals surface area contributed by atoms with Gasteiger partial charge < -0.3 is 5.32 Å². The molecule has 1 heterocycles. The molecule has 7 heteroatoms. The van der Waals surface area contributed by atoms with E-state index in [1.807, 2.05) is 11.8 Å². The summed E-state index contributed by atoms with van der Waals surface area (Å²) in [6, 6.07) is 9.07. The molecule has 0 bridgehead atoms. The third-order valence-corrected chi connectivity index (χ3v) is 4.83. The number of amides is 1. The summed E-state index contributed by atoms with van der Waals surface area (Å²) in [5.74, 6) is -0.533. The molecule has 0 aromatic heterocycles. The Morgan fingerprint density at radius 3 is 2.85 bits per heavy atom. The Labute approximate surface area is 150 Å². The standard InChI is InChI=1S/C19H20FN3O3/c1-12-3-6-16(23(25)26)10-18(12)21-19(24)11-22-8-7-14-4-5-15(20)9-17(14)13(22)2/h3-6,9-10,13H,7-8,11H2,1-2H3,(H,21,24). The number of hydrogen-bond donors (Lipinski definition) is 1. The number of rotatable bonds is 4. The van der Waals surface area contributed by atoms with Crippen molar-refractivity contribution in [2.45, 2.75) is 26.3 Å². The van der Waals surface area contributed by atoms with Crippen molar-refractivity contribution in [3.8, 4) is 0 Å². The van der Waals surface area contributed by atoms with Crippen molar-refractivity contribution in [2.24, 2.45) is 0 Å². The average Bonchev–Trinajstić information content (AvgIpc) is 2.59. The molecule has 3 rings (SSSR count). The third kappa shape index (κ3) is 3.72. The van der Waals surface area contributed by atoms with Crippen LogP contribution in [0.25, 0.3) is 0 Å². The number of nitro groups is 1. The number of nitrogens with one attached hydrogen (secondary N) is 1. The van der Waals surface area contributed by atoms with Crippen molar-refractivity contribution in [1.82, 2.24) is 4.90 Å². The second-order valence-corrected chi connectivity index (χ2v) is 6.54. The van der Waals surface area contributed by atoms with Crippen molar-refractivity contribution in [2.75, 3.05) is 18.4 Å². The van der Waals surface area contributed by atoms with Gasteiger partial charge in [0, 0.05) is 24.7 Å². The van der Waals surface area contributed by atoms with Gasteiger partial charge in [-0.2, -0.15) is 0 Å². The topological polar surface area (TPSA) is 75.5 Å². The number of carbonyl (C=O) groups is 1. The van der Waals surface area contributed by atoms with Crippen molar-refractivity contribution in [3.05, 3.63) is 69.0 Å². The minimum Gasteiger partial charge on any atom is -0.324 e. The number of fused-ring (bicyclic) bond motifs is 1. The number of halogens is 1. The first-order valence-electron chi connectivity index (χ1n) is 8.42. The van der Waals surface area contributed by atoms with E-state index in [0.717, 1.165) is 23.1 Å². The van der Waals surface area contributed by atoms with E-state index in [1.165, 1.54) is 24.3 Å². The van der Waals surface area contributed by atoms with Gasteiger partial charge in [-0.05, 0) is 49.1 Å². The zero-order chi connectivity index (χ0) is 18.8. The van der Waals surface area contributed by atoms with E-state index in [9.17, 15) is 19.3 Å². The monoisotopic (exact) mass is 357 g/mol. The number of non-ortho nitro benzene ring substituents is 1. The summed E-state index contributed by atoms with van der Waals surface area (Å²) in [6.07, 6.45) is 0.753. The molecular formula is C19H20FN3O3. The van der Waals surface area contributed by atoms with Crippen LogP contribution in [0.15, 0.2) is 36.4 Å². The van der Waals surface area contributed by atoms with Crippen molar-refractivity contribution < 1.29 is 14.1 Å². The molecule has 0 radical (unpaired) electrons. The first kappa shape index (κ1) is 18.0. The highest BCUT2D eigenvalue weighted by atomic mass is 19.1. The maximum Gasteiger partial charge on any atom is 0.271 e. The number of nitro benzene ring substituents is 1. The Morgan fingerprint density at radius 2 is 2.12 bits per heavy atom. The maximum atomic E-state index is 13.5. The summed E-state index contributed by atoms with van der Waals surface area (Å²) in [5, 5.41) is 13.7. The van der Waals surface area contributed by atoms with Crippen LogP contribution in [-0.2, 0) is 11.2 Å². The molecule has 0 saturated carbocycles. The molecule has 136 valence electrons. The molecule has 0 fully saturated rings. The minimum absolute atomic E-state index is 0.0679. The van der Waals surface area contributed by atoms with Gasteiger partial charge in [0.25, 0.3) is 5.69 Å². The Morgan fingerprint density at radius 1 is 1.35 bits per heavy atom. The van der Waals surface area contributed by atoms with Gasteiger partial charge in [-0.25, -0.2) is 4.39 Å². The van der Waals surface area contributed by atoms with Gasteiger partial charge in [0.1, 0.15) is 5.82 Å². The smallest absolute Gasteiger partial charge is 0.271 e. The predicted molar refractivity (Wildman–Crippen MR) is 96.6 cm³/mol. The Hall–Kier alpha value is -2.80. The SMILES string of the molecule is Cc1ccc([N+](=O)[O-])cc1NC(=O)CN1CCc2ccc(F)cc2C1C. The third-order valence-electron chi connectivity index (χ3n) is 4.83. The van der Waals surface area contributed by atoms with Gasteiger partial charge in [-0.3, -0.25) is 19.8 Å². The fraction of sp³-hybridized carbons (Fsp3) is 0.316. The first-order chi connectivity index (χ1) is 12.3. The highest BCUT2D eigenvalue weighted by Gasteiger charge is 2.26. The van der Waals surface area contributed by atoms with Gasteiger partial charge in [0.2, 0.25) is 5.91 Å². The van der Waals surface area contributed by atoms with Gasteiger partial charge in [0.15, 0.2) is 0 Å². The summed E-state index contributed by atoms with van der Waals surface area (Å²) in [7, 11) is 0. The summed E-state index contributed by atoms with van der Waals surface area (Å²) in [5.41, 5.74) is 3.12. The summed E-state index contributed by atoms with van der Waals surface area (Å²) in [6.45, 7) is 4.56. The van der Waals surface area contributed by atoms with Crippen LogP contribution in [0.5, 0.6) is 0 Å². The molecule has 2 aromatic carbocycles. The number of benzene rings is 2. The van der Waals surface area contributed by atoms with E-state index in [1.54, 1.807) is 19.1 Å². The van der Waals surface area contributed by atoms with Crippen LogP contribution in [0.3, 0.4) is 0 Å². The molecule has 0 saturated heterocycles. The van der Waals surface area contributed by atoms with Crippen LogP contribution in [0.4, 0.5) is 15.8 Å². The van der Waals surface area contributed by atoms with Gasteiger partial charge in [0.05, 0.1) is 17.2 Å². The van der Waals surface area contributed by atoms with Gasteiger partial charge >= 0.3 is 0 Å². The quantitative estimate of drug-likeness (QED) is 0.670. The number of aryl methyl sites for hydroxylation is 1. The van der Waals surface area contributed by atoms with Gasteiger partial charge in [-0.15, -0.1) is 0 Å². The summed E-state index contributed by atoms with van der Waals surface area (Å²) >= 11 is 0. The van der Waals surface area contributed by atoms with Crippen LogP contribution in [0.1, 0.15) is 29.7 Å². The second-order valence-electron chi connectivity index (χ2n) is 6.54. The molecule has 0 spiro atoms. The Kier molecular flexibility index (Phi) is 4.99. The van der Waals surface area contributed by atoms with Crippen LogP contribution >= 0.6 is 0 Å². The van der Waals surface area contributed by atoms with E-state index >= 15 is 0 Å². The lowest BCUT2D eigenvalue weighted by molar-refractivity contribution is -0.384. The molecule has 0 aliphatic carbocycles. The highest BCUT2D eigenvalue weighted by molar-refractivity contribution is 5.93. The largest absolute Gasteiger partial charge is 0.324 e. The minimum atomic E-state index is -0.493. The molecule has 2 aromatic rings. The molecule has 6 nitrogen and oxygen atoms in total. The zero-order valence-electron chi connectivity index (χ0n) is 14.7.